The van der Waals surface area contributed by atoms with Gasteiger partial charge < -0.3 is 24.8 Å². The van der Waals surface area contributed by atoms with E-state index in [0.29, 0.717) is 45.9 Å². The lowest BCUT2D eigenvalue weighted by Crippen LogP contribution is -2.04. The Hall–Kier alpha value is -4.38. The fraction of sp³-hybridized carbons (Fsp3) is 0.130. The molecule has 0 amide bonds. The molecule has 0 aliphatic rings. The van der Waals surface area contributed by atoms with E-state index in [0.717, 1.165) is 11.4 Å². The maximum Gasteiger partial charge on any atom is 0.231 e. The lowest BCUT2D eigenvalue weighted by Gasteiger charge is -2.15. The molecular formula is C23H21N7O3S. The van der Waals surface area contributed by atoms with Crippen LogP contribution < -0.4 is 24.8 Å². The molecule has 0 aliphatic carbocycles. The van der Waals surface area contributed by atoms with Crippen molar-refractivity contribution < 1.29 is 14.2 Å². The lowest BCUT2D eigenvalue weighted by atomic mass is 10.2. The first-order chi connectivity index (χ1) is 16.7. The molecule has 0 bridgehead atoms. The van der Waals surface area contributed by atoms with E-state index >= 15 is 0 Å². The Morgan fingerprint density at radius 1 is 0.882 bits per heavy atom. The molecule has 0 atom stereocenters. The second-order valence-electron chi connectivity index (χ2n) is 7.06. The van der Waals surface area contributed by atoms with Gasteiger partial charge in [-0.1, -0.05) is 0 Å². The summed E-state index contributed by atoms with van der Waals surface area (Å²) in [5.74, 6) is 2.47. The highest BCUT2D eigenvalue weighted by atomic mass is 32.1. The number of hydrogen-bond donors (Lipinski definition) is 2. The SMILES string of the molecule is COc1cc(Nc2nc(Nc3ccncc3)nc3c2ncn3-c2ccsc2)cc(OC)c1OC. The summed E-state index contributed by atoms with van der Waals surface area (Å²) >= 11 is 1.60. The van der Waals surface area contributed by atoms with Crippen LogP contribution in [0.1, 0.15) is 0 Å². The lowest BCUT2D eigenvalue weighted by molar-refractivity contribution is 0.324. The molecule has 2 N–H and O–H groups in total. The van der Waals surface area contributed by atoms with Gasteiger partial charge in [0, 0.05) is 41.3 Å². The Morgan fingerprint density at radius 3 is 2.29 bits per heavy atom. The van der Waals surface area contributed by atoms with Crippen LogP contribution in [-0.4, -0.2) is 45.8 Å². The Morgan fingerprint density at radius 2 is 1.65 bits per heavy atom. The van der Waals surface area contributed by atoms with Crippen molar-refractivity contribution in [2.75, 3.05) is 32.0 Å². The summed E-state index contributed by atoms with van der Waals surface area (Å²) in [5, 5.41) is 10.6. The zero-order valence-corrected chi connectivity index (χ0v) is 19.5. The number of pyridine rings is 1. The molecule has 0 aliphatic heterocycles. The van der Waals surface area contributed by atoms with E-state index < -0.39 is 0 Å². The Balaban J connectivity index is 1.62. The van der Waals surface area contributed by atoms with Crippen molar-refractivity contribution in [3.8, 4) is 22.9 Å². The van der Waals surface area contributed by atoms with Crippen molar-refractivity contribution in [2.45, 2.75) is 0 Å². The quantitative estimate of drug-likeness (QED) is 0.328. The van der Waals surface area contributed by atoms with E-state index in [1.165, 1.54) is 0 Å². The molecule has 5 rings (SSSR count). The minimum absolute atomic E-state index is 0.408. The van der Waals surface area contributed by atoms with Gasteiger partial charge in [-0.25, -0.2) is 4.98 Å². The summed E-state index contributed by atoms with van der Waals surface area (Å²) in [4.78, 5) is 18.1. The molecule has 4 heterocycles. The summed E-state index contributed by atoms with van der Waals surface area (Å²) in [5.41, 5.74) is 3.74. The van der Waals surface area contributed by atoms with Gasteiger partial charge in [-0.05, 0) is 23.6 Å². The Labute approximate surface area is 199 Å². The standard InChI is InChI=1S/C23H21N7O3S/c1-31-17-10-15(11-18(32-2)20(17)33-3)26-21-19-22(30(13-25-19)16-6-9-34-12-16)29-23(28-21)27-14-4-7-24-8-5-14/h4-13H,1-3H3,(H2,24,26,27,28,29). The van der Waals surface area contributed by atoms with Crippen LogP contribution >= 0.6 is 11.3 Å². The normalized spacial score (nSPS) is 10.8. The second kappa shape index (κ2) is 9.24. The zero-order chi connectivity index (χ0) is 23.5. The first-order valence-electron chi connectivity index (χ1n) is 10.2. The van der Waals surface area contributed by atoms with Crippen molar-refractivity contribution in [1.29, 1.82) is 0 Å². The van der Waals surface area contributed by atoms with Gasteiger partial charge in [-0.3, -0.25) is 9.55 Å². The third-order valence-corrected chi connectivity index (χ3v) is 5.72. The number of anilines is 4. The summed E-state index contributed by atoms with van der Waals surface area (Å²) in [6.07, 6.45) is 5.13. The minimum Gasteiger partial charge on any atom is -0.493 e. The molecule has 0 spiro atoms. The smallest absolute Gasteiger partial charge is 0.231 e. The van der Waals surface area contributed by atoms with Crippen LogP contribution in [0.15, 0.2) is 59.8 Å². The van der Waals surface area contributed by atoms with E-state index in [2.05, 4.69) is 20.6 Å². The molecule has 0 saturated heterocycles. The van der Waals surface area contributed by atoms with E-state index in [4.69, 9.17) is 24.2 Å². The summed E-state index contributed by atoms with van der Waals surface area (Å²) < 4.78 is 18.3. The van der Waals surface area contributed by atoms with Crippen LogP contribution in [0.2, 0.25) is 0 Å². The highest BCUT2D eigenvalue weighted by Crippen LogP contribution is 2.41. The molecule has 0 fully saturated rings. The molecule has 0 saturated carbocycles. The van der Waals surface area contributed by atoms with Gasteiger partial charge >= 0.3 is 0 Å². The van der Waals surface area contributed by atoms with Crippen LogP contribution in [-0.2, 0) is 0 Å². The number of nitrogens with one attached hydrogen (secondary N) is 2. The van der Waals surface area contributed by atoms with Gasteiger partial charge in [-0.2, -0.15) is 21.3 Å². The maximum absolute atomic E-state index is 5.49. The van der Waals surface area contributed by atoms with Crippen molar-refractivity contribution in [2.24, 2.45) is 0 Å². The van der Waals surface area contributed by atoms with Crippen LogP contribution in [0.25, 0.3) is 16.9 Å². The van der Waals surface area contributed by atoms with Gasteiger partial charge in [0.05, 0.1) is 27.0 Å². The van der Waals surface area contributed by atoms with Gasteiger partial charge in [-0.15, -0.1) is 0 Å². The highest BCUT2D eigenvalue weighted by molar-refractivity contribution is 7.08. The van der Waals surface area contributed by atoms with Crippen LogP contribution in [0.4, 0.5) is 23.1 Å². The van der Waals surface area contributed by atoms with Crippen molar-refractivity contribution in [1.82, 2.24) is 24.5 Å². The molecule has 4 aromatic heterocycles. The predicted octanol–water partition coefficient (Wildman–Crippen LogP) is 4.79. The molecule has 0 radical (unpaired) electrons. The summed E-state index contributed by atoms with van der Waals surface area (Å²) in [7, 11) is 4.71. The Bertz CT molecular complexity index is 1400. The molecular weight excluding hydrogens is 454 g/mol. The molecule has 0 unspecified atom stereocenters. The van der Waals surface area contributed by atoms with Crippen LogP contribution in [0.3, 0.4) is 0 Å². The zero-order valence-electron chi connectivity index (χ0n) is 18.6. The van der Waals surface area contributed by atoms with Gasteiger partial charge in [0.1, 0.15) is 6.33 Å². The third-order valence-electron chi connectivity index (χ3n) is 5.04. The van der Waals surface area contributed by atoms with E-state index in [9.17, 15) is 0 Å². The number of fused-ring (bicyclic) bond motifs is 1. The number of methoxy groups -OCH3 is 3. The number of benzene rings is 1. The molecule has 11 heteroatoms. The summed E-state index contributed by atoms with van der Waals surface area (Å²) in [6, 6.07) is 9.31. The molecule has 172 valence electrons. The predicted molar refractivity (Wildman–Crippen MR) is 131 cm³/mol. The molecule has 1 aromatic carbocycles. The molecule has 10 nitrogen and oxygen atoms in total. The monoisotopic (exact) mass is 475 g/mol. The van der Waals surface area contributed by atoms with Crippen LogP contribution in [0, 0.1) is 0 Å². The summed E-state index contributed by atoms with van der Waals surface area (Å²) in [6.45, 7) is 0. The molecule has 34 heavy (non-hydrogen) atoms. The van der Waals surface area contributed by atoms with Gasteiger partial charge in [0.2, 0.25) is 11.7 Å². The average molecular weight is 476 g/mol. The van der Waals surface area contributed by atoms with Crippen LogP contribution in [0.5, 0.6) is 17.2 Å². The van der Waals surface area contributed by atoms with Crippen molar-refractivity contribution in [3.63, 3.8) is 0 Å². The van der Waals surface area contributed by atoms with Crippen molar-refractivity contribution in [3.05, 3.63) is 59.8 Å². The minimum atomic E-state index is 0.408. The van der Waals surface area contributed by atoms with E-state index in [-0.39, 0.29) is 0 Å². The van der Waals surface area contributed by atoms with Gasteiger partial charge in [0.25, 0.3) is 0 Å². The number of imidazole rings is 1. The first kappa shape index (κ1) is 21.5. The van der Waals surface area contributed by atoms with E-state index in [1.807, 2.05) is 33.5 Å². The number of nitrogens with zero attached hydrogens (tertiary/aromatic N) is 5. The average Bonchev–Trinajstić information content (AvgIpc) is 3.54. The second-order valence-corrected chi connectivity index (χ2v) is 7.84. The largest absolute Gasteiger partial charge is 0.493 e. The molecule has 5 aromatic rings. The van der Waals surface area contributed by atoms with Crippen molar-refractivity contribution >= 4 is 45.6 Å². The third kappa shape index (κ3) is 4.04. The first-order valence-corrected chi connectivity index (χ1v) is 11.2. The Kier molecular flexibility index (Phi) is 5.83. The maximum atomic E-state index is 5.49. The van der Waals surface area contributed by atoms with Gasteiger partial charge in [0.15, 0.2) is 28.5 Å². The fourth-order valence-electron chi connectivity index (χ4n) is 3.48. The fourth-order valence-corrected chi connectivity index (χ4v) is 4.11. The number of rotatable bonds is 8. The number of aromatic nitrogens is 5. The topological polar surface area (TPSA) is 108 Å². The number of ether oxygens (including phenoxy) is 3. The van der Waals surface area contributed by atoms with E-state index in [1.54, 1.807) is 63.5 Å². The number of thiophene rings is 1. The highest BCUT2D eigenvalue weighted by Gasteiger charge is 2.18. The number of hydrogen-bond acceptors (Lipinski definition) is 10.